The molecule has 1 aliphatic rings. The van der Waals surface area contributed by atoms with Crippen LogP contribution in [0.25, 0.3) is 0 Å². The molecule has 0 unspecified atom stereocenters. The zero-order valence-corrected chi connectivity index (χ0v) is 13.3. The van der Waals surface area contributed by atoms with E-state index in [1.54, 1.807) is 12.1 Å². The average molecular weight is 355 g/mol. The second kappa shape index (κ2) is 8.88. The van der Waals surface area contributed by atoms with Crippen molar-refractivity contribution in [1.82, 2.24) is 0 Å². The largest absolute Gasteiger partial charge is 0.462 e. The lowest BCUT2D eigenvalue weighted by molar-refractivity contribution is -0.277. The third-order valence-corrected chi connectivity index (χ3v) is 3.73. The highest BCUT2D eigenvalue weighted by Gasteiger charge is 2.44. The standard InChI is InChI=1S/C16H21NO8/c18-7-1-2-12(20)17-9-3-5-10(6-4-9)24-16-15(23)14(22)13(21)11(8-19)25-16/h3-7,11,13-16,19,21-23H,1-2,8H2,(H,17,20)/t11-,13-,14+,15-,16+/m1/s1. The first-order valence-electron chi connectivity index (χ1n) is 7.77. The van der Waals surface area contributed by atoms with E-state index in [2.05, 4.69) is 5.32 Å². The van der Waals surface area contributed by atoms with Gasteiger partial charge in [-0.15, -0.1) is 0 Å². The number of aliphatic hydroxyl groups excluding tert-OH is 4. The minimum absolute atomic E-state index is 0.0899. The van der Waals surface area contributed by atoms with Crippen LogP contribution in [0.4, 0.5) is 5.69 Å². The molecule has 138 valence electrons. The van der Waals surface area contributed by atoms with Crippen molar-refractivity contribution in [1.29, 1.82) is 0 Å². The number of carbonyl (C=O) groups excluding carboxylic acids is 2. The van der Waals surface area contributed by atoms with E-state index in [0.717, 1.165) is 0 Å². The molecule has 9 nitrogen and oxygen atoms in total. The molecule has 9 heteroatoms. The number of hydrogen-bond acceptors (Lipinski definition) is 8. The molecule has 0 aromatic heterocycles. The molecule has 0 saturated carbocycles. The van der Waals surface area contributed by atoms with Crippen molar-refractivity contribution in [2.75, 3.05) is 11.9 Å². The Balaban J connectivity index is 1.96. The molecule has 1 fully saturated rings. The smallest absolute Gasteiger partial charge is 0.229 e. The maximum atomic E-state index is 11.5. The molecule has 1 aromatic rings. The summed E-state index contributed by atoms with van der Waals surface area (Å²) in [6.07, 6.45) is -5.91. The Bertz CT molecular complexity index is 576. The van der Waals surface area contributed by atoms with E-state index in [1.165, 1.54) is 12.1 Å². The molecule has 0 spiro atoms. The van der Waals surface area contributed by atoms with Gasteiger partial charge in [0.1, 0.15) is 36.5 Å². The highest BCUT2D eigenvalue weighted by atomic mass is 16.7. The highest BCUT2D eigenvalue weighted by molar-refractivity contribution is 5.91. The van der Waals surface area contributed by atoms with Gasteiger partial charge < -0.3 is 40.0 Å². The fraction of sp³-hybridized carbons (Fsp3) is 0.500. The lowest BCUT2D eigenvalue weighted by atomic mass is 9.99. The Labute approximate surface area is 143 Å². The van der Waals surface area contributed by atoms with Gasteiger partial charge in [-0.1, -0.05) is 0 Å². The van der Waals surface area contributed by atoms with Crippen LogP contribution in [0, 0.1) is 0 Å². The summed E-state index contributed by atoms with van der Waals surface area (Å²) >= 11 is 0. The molecular formula is C16H21NO8. The van der Waals surface area contributed by atoms with Crippen LogP contribution in [-0.4, -0.2) is 69.9 Å². The first kappa shape index (κ1) is 19.3. The zero-order valence-electron chi connectivity index (χ0n) is 13.3. The molecule has 1 saturated heterocycles. The molecule has 1 aromatic carbocycles. The predicted molar refractivity (Wildman–Crippen MR) is 84.8 cm³/mol. The first-order valence-corrected chi connectivity index (χ1v) is 7.77. The fourth-order valence-electron chi connectivity index (χ4n) is 2.33. The molecule has 1 heterocycles. The van der Waals surface area contributed by atoms with Crippen molar-refractivity contribution in [3.63, 3.8) is 0 Å². The number of ether oxygens (including phenoxy) is 2. The summed E-state index contributed by atoms with van der Waals surface area (Å²) in [5, 5.41) is 41.1. The number of amides is 1. The summed E-state index contributed by atoms with van der Waals surface area (Å²) in [6.45, 7) is -0.545. The van der Waals surface area contributed by atoms with Crippen LogP contribution in [0.1, 0.15) is 12.8 Å². The van der Waals surface area contributed by atoms with Crippen molar-refractivity contribution in [3.8, 4) is 5.75 Å². The van der Waals surface area contributed by atoms with Gasteiger partial charge in [0.25, 0.3) is 0 Å². The van der Waals surface area contributed by atoms with Gasteiger partial charge in [0, 0.05) is 18.5 Å². The maximum absolute atomic E-state index is 11.5. The number of hydrogen-bond donors (Lipinski definition) is 5. The lowest BCUT2D eigenvalue weighted by Gasteiger charge is -2.39. The molecular weight excluding hydrogens is 334 g/mol. The Hall–Kier alpha value is -2.04. The van der Waals surface area contributed by atoms with Crippen LogP contribution in [0.3, 0.4) is 0 Å². The normalized spacial score (nSPS) is 29.0. The van der Waals surface area contributed by atoms with Gasteiger partial charge in [-0.05, 0) is 24.3 Å². The van der Waals surface area contributed by atoms with Crippen molar-refractivity contribution in [2.45, 2.75) is 43.5 Å². The summed E-state index contributed by atoms with van der Waals surface area (Å²) in [5.41, 5.74) is 0.497. The summed E-state index contributed by atoms with van der Waals surface area (Å²) in [7, 11) is 0. The molecule has 0 aliphatic carbocycles. The quantitative estimate of drug-likeness (QED) is 0.383. The van der Waals surface area contributed by atoms with Crippen LogP contribution >= 0.6 is 0 Å². The van der Waals surface area contributed by atoms with Crippen LogP contribution in [0.5, 0.6) is 5.75 Å². The number of benzene rings is 1. The number of rotatable bonds is 7. The third-order valence-electron chi connectivity index (χ3n) is 3.73. The summed E-state index contributed by atoms with van der Waals surface area (Å²) in [5.74, 6) is -0.00933. The SMILES string of the molecule is O=CCCC(=O)Nc1ccc(O[C@H]2O[C@H](CO)[C@@H](O)[C@H](O)[C@H]2O)cc1. The van der Waals surface area contributed by atoms with E-state index in [-0.39, 0.29) is 24.5 Å². The van der Waals surface area contributed by atoms with Gasteiger partial charge >= 0.3 is 0 Å². The summed E-state index contributed by atoms with van der Waals surface area (Å²) in [6, 6.07) is 6.13. The Morgan fingerprint density at radius 2 is 1.84 bits per heavy atom. The van der Waals surface area contributed by atoms with Crippen LogP contribution in [0.15, 0.2) is 24.3 Å². The van der Waals surface area contributed by atoms with Gasteiger partial charge in [0.15, 0.2) is 0 Å². The summed E-state index contributed by atoms with van der Waals surface area (Å²) in [4.78, 5) is 21.8. The minimum Gasteiger partial charge on any atom is -0.462 e. The van der Waals surface area contributed by atoms with E-state index in [4.69, 9.17) is 14.6 Å². The molecule has 25 heavy (non-hydrogen) atoms. The van der Waals surface area contributed by atoms with E-state index >= 15 is 0 Å². The second-order valence-electron chi connectivity index (χ2n) is 5.59. The molecule has 0 radical (unpaired) electrons. The highest BCUT2D eigenvalue weighted by Crippen LogP contribution is 2.25. The molecule has 2 rings (SSSR count). The molecule has 1 amide bonds. The number of nitrogens with one attached hydrogen (secondary N) is 1. The Kier molecular flexibility index (Phi) is 6.85. The van der Waals surface area contributed by atoms with Gasteiger partial charge in [-0.2, -0.15) is 0 Å². The lowest BCUT2D eigenvalue weighted by Crippen LogP contribution is -2.60. The predicted octanol–water partition coefficient (Wildman–Crippen LogP) is -1.22. The van der Waals surface area contributed by atoms with Crippen molar-refractivity contribution < 1.29 is 39.5 Å². The van der Waals surface area contributed by atoms with Crippen molar-refractivity contribution in [3.05, 3.63) is 24.3 Å². The molecule has 1 aliphatic heterocycles. The molecule has 5 N–H and O–H groups in total. The Morgan fingerprint density at radius 3 is 2.44 bits per heavy atom. The number of carbonyl (C=O) groups is 2. The van der Waals surface area contributed by atoms with Gasteiger partial charge in [0.2, 0.25) is 12.2 Å². The fourth-order valence-corrected chi connectivity index (χ4v) is 2.33. The molecule has 5 atom stereocenters. The monoisotopic (exact) mass is 355 g/mol. The number of aldehydes is 1. The van der Waals surface area contributed by atoms with Crippen molar-refractivity contribution >= 4 is 17.9 Å². The van der Waals surface area contributed by atoms with Crippen LogP contribution in [-0.2, 0) is 14.3 Å². The number of aliphatic hydroxyl groups is 4. The topological polar surface area (TPSA) is 146 Å². The Morgan fingerprint density at radius 1 is 1.16 bits per heavy atom. The minimum atomic E-state index is -1.52. The average Bonchev–Trinajstić information content (AvgIpc) is 2.62. The van der Waals surface area contributed by atoms with E-state index < -0.39 is 37.3 Å². The van der Waals surface area contributed by atoms with Gasteiger partial charge in [-0.25, -0.2) is 0 Å². The summed E-state index contributed by atoms with van der Waals surface area (Å²) < 4.78 is 10.7. The van der Waals surface area contributed by atoms with E-state index in [0.29, 0.717) is 12.0 Å². The number of anilines is 1. The van der Waals surface area contributed by atoms with Crippen molar-refractivity contribution in [2.24, 2.45) is 0 Å². The second-order valence-corrected chi connectivity index (χ2v) is 5.59. The van der Waals surface area contributed by atoms with Crippen LogP contribution < -0.4 is 10.1 Å². The zero-order chi connectivity index (χ0) is 18.4. The van der Waals surface area contributed by atoms with Gasteiger partial charge in [-0.3, -0.25) is 4.79 Å². The van der Waals surface area contributed by atoms with Gasteiger partial charge in [0.05, 0.1) is 6.61 Å². The van der Waals surface area contributed by atoms with E-state index in [1.807, 2.05) is 0 Å². The van der Waals surface area contributed by atoms with Crippen LogP contribution in [0.2, 0.25) is 0 Å². The third kappa shape index (κ3) is 4.97. The van der Waals surface area contributed by atoms with E-state index in [9.17, 15) is 24.9 Å². The maximum Gasteiger partial charge on any atom is 0.229 e. The molecule has 0 bridgehead atoms. The first-order chi connectivity index (χ1) is 12.0.